The number of amides is 1. The van der Waals surface area contributed by atoms with Crippen LogP contribution in [0.5, 0.6) is 0 Å². The van der Waals surface area contributed by atoms with Crippen LogP contribution in [0, 0.1) is 0 Å². The van der Waals surface area contributed by atoms with Gasteiger partial charge in [-0.05, 0) is 36.4 Å². The average molecular weight is 453 g/mol. The van der Waals surface area contributed by atoms with Crippen molar-refractivity contribution in [2.75, 3.05) is 5.32 Å². The number of para-hydroxylation sites is 1. The molecule has 0 saturated heterocycles. The van der Waals surface area contributed by atoms with Crippen LogP contribution in [0.15, 0.2) is 72.9 Å². The van der Waals surface area contributed by atoms with E-state index in [2.05, 4.69) is 15.4 Å². The minimum Gasteiger partial charge on any atom is -0.476 e. The van der Waals surface area contributed by atoms with Gasteiger partial charge in [0.15, 0.2) is 5.69 Å². The second-order valence-corrected chi connectivity index (χ2v) is 7.26. The van der Waals surface area contributed by atoms with E-state index < -0.39 is 11.9 Å². The van der Waals surface area contributed by atoms with Crippen LogP contribution in [-0.4, -0.2) is 31.7 Å². The highest BCUT2D eigenvalue weighted by atomic mass is 35.5. The molecule has 31 heavy (non-hydrogen) atoms. The Balaban J connectivity index is 1.73. The number of nitrogens with zero attached hydrogens (tertiary/aromatic N) is 3. The first kappa shape index (κ1) is 20.6. The van der Waals surface area contributed by atoms with Gasteiger partial charge in [-0.1, -0.05) is 47.5 Å². The van der Waals surface area contributed by atoms with Crippen molar-refractivity contribution in [3.8, 4) is 16.9 Å². The summed E-state index contributed by atoms with van der Waals surface area (Å²) in [6, 6.07) is 18.5. The van der Waals surface area contributed by atoms with E-state index in [1.54, 1.807) is 54.7 Å². The van der Waals surface area contributed by atoms with Gasteiger partial charge >= 0.3 is 5.97 Å². The highest BCUT2D eigenvalue weighted by Crippen LogP contribution is 2.32. The Morgan fingerprint density at radius 2 is 1.68 bits per heavy atom. The monoisotopic (exact) mass is 452 g/mol. The molecule has 0 spiro atoms. The molecule has 2 aromatic heterocycles. The van der Waals surface area contributed by atoms with Gasteiger partial charge in [-0.3, -0.25) is 9.78 Å². The SMILES string of the molecule is O=C(O)c1cc(NC(=O)c2cc(-c3ccccn3)c(Cl)cc2Cl)n(-c2ccccc2)n1. The minimum absolute atomic E-state index is 0.145. The van der Waals surface area contributed by atoms with Crippen LogP contribution in [0.3, 0.4) is 0 Å². The lowest BCUT2D eigenvalue weighted by molar-refractivity contribution is 0.0689. The molecule has 9 heteroatoms. The van der Waals surface area contributed by atoms with E-state index in [1.807, 2.05) is 6.07 Å². The van der Waals surface area contributed by atoms with E-state index in [1.165, 1.54) is 16.8 Å². The first-order chi connectivity index (χ1) is 14.9. The number of aromatic carboxylic acids is 1. The Morgan fingerprint density at radius 3 is 2.35 bits per heavy atom. The lowest BCUT2D eigenvalue weighted by atomic mass is 10.1. The fraction of sp³-hybridized carbons (Fsp3) is 0. The number of halogens is 2. The minimum atomic E-state index is -1.22. The van der Waals surface area contributed by atoms with Crippen LogP contribution in [0.2, 0.25) is 10.0 Å². The van der Waals surface area contributed by atoms with Crippen LogP contribution in [0.1, 0.15) is 20.8 Å². The van der Waals surface area contributed by atoms with Crippen molar-refractivity contribution in [1.29, 1.82) is 0 Å². The average Bonchev–Trinajstić information content (AvgIpc) is 3.19. The van der Waals surface area contributed by atoms with Crippen molar-refractivity contribution in [1.82, 2.24) is 14.8 Å². The number of aromatic nitrogens is 3. The van der Waals surface area contributed by atoms with Crippen molar-refractivity contribution in [3.05, 3.63) is 94.2 Å². The molecule has 1 amide bonds. The third-order valence-electron chi connectivity index (χ3n) is 4.41. The lowest BCUT2D eigenvalue weighted by Crippen LogP contribution is -2.16. The van der Waals surface area contributed by atoms with Crippen LogP contribution >= 0.6 is 23.2 Å². The lowest BCUT2D eigenvalue weighted by Gasteiger charge is -2.12. The molecule has 0 radical (unpaired) electrons. The zero-order valence-electron chi connectivity index (χ0n) is 15.8. The van der Waals surface area contributed by atoms with Crippen molar-refractivity contribution in [3.63, 3.8) is 0 Å². The second kappa shape index (κ2) is 8.59. The standard InChI is InChI=1S/C22H14Cl2N4O3/c23-16-11-17(24)15(10-14(16)18-8-4-5-9-25-18)21(29)26-20-12-19(22(30)31)27-28(20)13-6-2-1-3-7-13/h1-12H,(H,26,29)(H,30,31). The predicted molar refractivity (Wildman–Crippen MR) is 118 cm³/mol. The molecule has 0 bridgehead atoms. The van der Waals surface area contributed by atoms with Crippen molar-refractivity contribution in [2.24, 2.45) is 0 Å². The molecule has 7 nitrogen and oxygen atoms in total. The molecule has 0 fully saturated rings. The van der Waals surface area contributed by atoms with Gasteiger partial charge in [-0.15, -0.1) is 0 Å². The summed E-state index contributed by atoms with van der Waals surface area (Å²) in [7, 11) is 0. The van der Waals surface area contributed by atoms with E-state index >= 15 is 0 Å². The maximum atomic E-state index is 13.0. The van der Waals surface area contributed by atoms with E-state index in [9.17, 15) is 14.7 Å². The van der Waals surface area contributed by atoms with Gasteiger partial charge in [-0.2, -0.15) is 5.10 Å². The summed E-state index contributed by atoms with van der Waals surface area (Å²) in [6.45, 7) is 0. The fourth-order valence-corrected chi connectivity index (χ4v) is 3.53. The molecule has 0 atom stereocenters. The molecular formula is C22H14Cl2N4O3. The van der Waals surface area contributed by atoms with Crippen LogP contribution in [0.4, 0.5) is 5.82 Å². The molecule has 154 valence electrons. The number of carboxylic acid groups (broad SMARTS) is 1. The zero-order chi connectivity index (χ0) is 22.0. The highest BCUT2D eigenvalue weighted by Gasteiger charge is 2.20. The van der Waals surface area contributed by atoms with Crippen molar-refractivity contribution >= 4 is 40.9 Å². The zero-order valence-corrected chi connectivity index (χ0v) is 17.3. The number of hydrogen-bond acceptors (Lipinski definition) is 4. The normalized spacial score (nSPS) is 10.6. The fourth-order valence-electron chi connectivity index (χ4n) is 2.97. The topological polar surface area (TPSA) is 97.1 Å². The number of carboxylic acids is 1. The van der Waals surface area contributed by atoms with Gasteiger partial charge in [0.1, 0.15) is 5.82 Å². The Morgan fingerprint density at radius 1 is 0.935 bits per heavy atom. The summed E-state index contributed by atoms with van der Waals surface area (Å²) >= 11 is 12.6. The van der Waals surface area contributed by atoms with Gasteiger partial charge in [0, 0.05) is 17.8 Å². The molecule has 2 heterocycles. The number of benzene rings is 2. The molecule has 0 saturated carbocycles. The number of carbonyl (C=O) groups is 2. The third-order valence-corrected chi connectivity index (χ3v) is 5.04. The molecule has 0 aliphatic rings. The van der Waals surface area contributed by atoms with Crippen molar-refractivity contribution in [2.45, 2.75) is 0 Å². The number of anilines is 1. The van der Waals surface area contributed by atoms with Crippen molar-refractivity contribution < 1.29 is 14.7 Å². The van der Waals surface area contributed by atoms with E-state index in [4.69, 9.17) is 23.2 Å². The summed E-state index contributed by atoms with van der Waals surface area (Å²) in [5.74, 6) is -1.58. The maximum absolute atomic E-state index is 13.0. The molecule has 4 rings (SSSR count). The Kier molecular flexibility index (Phi) is 5.70. The number of pyridine rings is 1. The molecule has 2 aromatic carbocycles. The second-order valence-electron chi connectivity index (χ2n) is 6.45. The molecule has 0 aliphatic carbocycles. The van der Waals surface area contributed by atoms with Gasteiger partial charge in [-0.25, -0.2) is 9.48 Å². The third kappa shape index (κ3) is 4.28. The van der Waals surface area contributed by atoms with Crippen LogP contribution in [-0.2, 0) is 0 Å². The number of carbonyl (C=O) groups excluding carboxylic acids is 1. The molecule has 2 N–H and O–H groups in total. The van der Waals surface area contributed by atoms with Crippen LogP contribution in [0.25, 0.3) is 16.9 Å². The first-order valence-electron chi connectivity index (χ1n) is 9.04. The molecular weight excluding hydrogens is 439 g/mol. The predicted octanol–water partition coefficient (Wildman–Crippen LogP) is 5.19. The maximum Gasteiger partial charge on any atom is 0.356 e. The van der Waals surface area contributed by atoms with E-state index in [0.717, 1.165) is 0 Å². The number of rotatable bonds is 5. The van der Waals surface area contributed by atoms with Gasteiger partial charge in [0.05, 0.1) is 27.0 Å². The summed E-state index contributed by atoms with van der Waals surface area (Å²) < 4.78 is 1.34. The summed E-state index contributed by atoms with van der Waals surface area (Å²) in [4.78, 5) is 28.7. The Labute approximate surface area is 186 Å². The number of hydrogen-bond donors (Lipinski definition) is 2. The quantitative estimate of drug-likeness (QED) is 0.434. The van der Waals surface area contributed by atoms with E-state index in [0.29, 0.717) is 22.0 Å². The largest absolute Gasteiger partial charge is 0.476 e. The van der Waals surface area contributed by atoms with Gasteiger partial charge in [0.25, 0.3) is 5.91 Å². The molecule has 0 aliphatic heterocycles. The summed E-state index contributed by atoms with van der Waals surface area (Å²) in [5.41, 5.74) is 1.65. The molecule has 0 unspecified atom stereocenters. The number of nitrogens with one attached hydrogen (secondary N) is 1. The summed E-state index contributed by atoms with van der Waals surface area (Å²) in [5, 5.41) is 16.6. The summed E-state index contributed by atoms with van der Waals surface area (Å²) in [6.07, 6.45) is 1.62. The Bertz CT molecular complexity index is 1270. The first-order valence-corrected chi connectivity index (χ1v) is 9.80. The van der Waals surface area contributed by atoms with Gasteiger partial charge < -0.3 is 10.4 Å². The Hall–Kier alpha value is -3.68. The highest BCUT2D eigenvalue weighted by molar-refractivity contribution is 6.38. The smallest absolute Gasteiger partial charge is 0.356 e. The van der Waals surface area contributed by atoms with Crippen LogP contribution < -0.4 is 5.32 Å². The van der Waals surface area contributed by atoms with E-state index in [-0.39, 0.29) is 22.1 Å². The molecule has 4 aromatic rings. The van der Waals surface area contributed by atoms with Gasteiger partial charge in [0.2, 0.25) is 0 Å².